The average molecular weight is 297 g/mol. The molecule has 1 aliphatic rings. The van der Waals surface area contributed by atoms with E-state index in [1.54, 1.807) is 19.9 Å². The molecule has 2 rings (SSSR count). The SMILES string of the molecule is CC(C)OC1=NS(=O)(=O)c2cc(Cl)ccc2[N-]1.[Na+]. The molecule has 0 fully saturated rings. The van der Waals surface area contributed by atoms with Crippen LogP contribution in [-0.4, -0.2) is 20.5 Å². The summed E-state index contributed by atoms with van der Waals surface area (Å²) < 4.78 is 32.3. The molecule has 0 saturated heterocycles. The Hall–Kier alpha value is -0.270. The first-order valence-corrected chi connectivity index (χ1v) is 6.73. The van der Waals surface area contributed by atoms with E-state index in [0.29, 0.717) is 10.7 Å². The molecule has 0 N–H and O–H groups in total. The molecule has 0 saturated carbocycles. The first-order valence-electron chi connectivity index (χ1n) is 4.91. The summed E-state index contributed by atoms with van der Waals surface area (Å²) in [7, 11) is -3.77. The van der Waals surface area contributed by atoms with Crippen LogP contribution in [0.1, 0.15) is 13.8 Å². The predicted octanol–water partition coefficient (Wildman–Crippen LogP) is -0.167. The molecule has 0 aliphatic carbocycles. The van der Waals surface area contributed by atoms with E-state index in [0.717, 1.165) is 0 Å². The van der Waals surface area contributed by atoms with Gasteiger partial charge in [-0.1, -0.05) is 17.7 Å². The van der Waals surface area contributed by atoms with Gasteiger partial charge in [0.25, 0.3) is 0 Å². The van der Waals surface area contributed by atoms with Gasteiger partial charge >= 0.3 is 29.6 Å². The molecule has 0 spiro atoms. The summed E-state index contributed by atoms with van der Waals surface area (Å²) in [5.41, 5.74) is 0.292. The van der Waals surface area contributed by atoms with E-state index in [2.05, 4.69) is 9.71 Å². The van der Waals surface area contributed by atoms with Crippen LogP contribution in [0.15, 0.2) is 27.5 Å². The summed E-state index contributed by atoms with van der Waals surface area (Å²) in [5.74, 6) is 0. The van der Waals surface area contributed by atoms with E-state index < -0.39 is 10.0 Å². The van der Waals surface area contributed by atoms with Crippen LogP contribution >= 0.6 is 11.6 Å². The van der Waals surface area contributed by atoms with Crippen molar-refractivity contribution < 1.29 is 42.7 Å². The van der Waals surface area contributed by atoms with Gasteiger partial charge in [0.2, 0.25) is 10.0 Å². The van der Waals surface area contributed by atoms with Gasteiger partial charge < -0.3 is 14.5 Å². The molecule has 1 heterocycles. The monoisotopic (exact) mass is 296 g/mol. The Morgan fingerprint density at radius 1 is 1.39 bits per heavy atom. The molecule has 18 heavy (non-hydrogen) atoms. The average Bonchev–Trinajstić information content (AvgIpc) is 2.17. The number of fused-ring (bicyclic) bond motifs is 1. The van der Waals surface area contributed by atoms with Gasteiger partial charge in [-0.2, -0.15) is 0 Å². The van der Waals surface area contributed by atoms with E-state index in [-0.39, 0.29) is 46.6 Å². The van der Waals surface area contributed by atoms with Crippen molar-refractivity contribution in [3.05, 3.63) is 28.5 Å². The van der Waals surface area contributed by atoms with Crippen molar-refractivity contribution in [3.63, 3.8) is 0 Å². The first kappa shape index (κ1) is 15.8. The molecule has 0 amide bonds. The second kappa shape index (κ2) is 5.79. The van der Waals surface area contributed by atoms with Crippen LogP contribution in [0.2, 0.25) is 5.02 Å². The quantitative estimate of drug-likeness (QED) is 0.676. The molecule has 0 atom stereocenters. The summed E-state index contributed by atoms with van der Waals surface area (Å²) in [5, 5.41) is 4.34. The zero-order valence-electron chi connectivity index (χ0n) is 10.2. The van der Waals surface area contributed by atoms with Crippen molar-refractivity contribution in [3.8, 4) is 0 Å². The summed E-state index contributed by atoms with van der Waals surface area (Å²) >= 11 is 5.74. The molecular weight excluding hydrogens is 287 g/mol. The van der Waals surface area contributed by atoms with Gasteiger partial charge in [0.15, 0.2) is 0 Å². The van der Waals surface area contributed by atoms with Crippen LogP contribution in [-0.2, 0) is 14.8 Å². The van der Waals surface area contributed by atoms with E-state index in [9.17, 15) is 8.42 Å². The molecular formula is C10H10ClN2NaO3S. The van der Waals surface area contributed by atoms with E-state index in [4.69, 9.17) is 16.3 Å². The summed E-state index contributed by atoms with van der Waals surface area (Å²) in [6.45, 7) is 3.53. The van der Waals surface area contributed by atoms with Crippen molar-refractivity contribution in [2.45, 2.75) is 24.8 Å². The smallest absolute Gasteiger partial charge is 0.498 e. The van der Waals surface area contributed by atoms with Crippen LogP contribution in [0.5, 0.6) is 0 Å². The molecule has 0 radical (unpaired) electrons. The Kier molecular flexibility index (Phi) is 5.08. The second-order valence-corrected chi connectivity index (χ2v) is 5.75. The van der Waals surface area contributed by atoms with Gasteiger partial charge in [-0.05, 0) is 31.7 Å². The number of hydrogen-bond donors (Lipinski definition) is 0. The van der Waals surface area contributed by atoms with Crippen molar-refractivity contribution in [1.29, 1.82) is 0 Å². The molecule has 1 aliphatic heterocycles. The Morgan fingerprint density at radius 3 is 2.67 bits per heavy atom. The Bertz CT molecular complexity index is 587. The molecule has 8 heteroatoms. The number of rotatable bonds is 1. The minimum atomic E-state index is -3.77. The Labute approximate surface area is 133 Å². The van der Waals surface area contributed by atoms with Gasteiger partial charge in [0.05, 0.1) is 11.0 Å². The third-order valence-electron chi connectivity index (χ3n) is 1.96. The molecule has 92 valence electrons. The standard InChI is InChI=1S/C10H10ClN2O3S.Na/c1-6(2)16-10-12-8-4-3-7(11)5-9(8)17(14,15)13-10;/h3-6H,1-2H3;/q-1;+1. The second-order valence-electron chi connectivity index (χ2n) is 3.74. The van der Waals surface area contributed by atoms with Gasteiger partial charge in [0.1, 0.15) is 6.02 Å². The maximum atomic E-state index is 11.8. The third-order valence-corrected chi connectivity index (χ3v) is 3.47. The molecule has 5 nitrogen and oxygen atoms in total. The predicted molar refractivity (Wildman–Crippen MR) is 65.3 cm³/mol. The third kappa shape index (κ3) is 3.39. The maximum absolute atomic E-state index is 11.8. The summed E-state index contributed by atoms with van der Waals surface area (Å²) in [6, 6.07) is 4.27. The Morgan fingerprint density at radius 2 is 2.06 bits per heavy atom. The van der Waals surface area contributed by atoms with Crippen molar-refractivity contribution >= 4 is 33.3 Å². The number of hydrogen-bond acceptors (Lipinski definition) is 3. The van der Waals surface area contributed by atoms with Crippen LogP contribution in [0.3, 0.4) is 0 Å². The van der Waals surface area contributed by atoms with E-state index in [1.165, 1.54) is 12.1 Å². The fourth-order valence-electron chi connectivity index (χ4n) is 1.32. The van der Waals surface area contributed by atoms with E-state index >= 15 is 0 Å². The number of ether oxygens (including phenoxy) is 1. The number of sulfonamides is 1. The van der Waals surface area contributed by atoms with Gasteiger partial charge in [0, 0.05) is 5.02 Å². The number of halogens is 1. The fraction of sp³-hybridized carbons (Fsp3) is 0.300. The molecule has 0 unspecified atom stereocenters. The normalized spacial score (nSPS) is 16.1. The summed E-state index contributed by atoms with van der Waals surface area (Å²) in [6.07, 6.45) is -0.193. The van der Waals surface area contributed by atoms with Crippen LogP contribution in [0.25, 0.3) is 5.32 Å². The zero-order valence-corrected chi connectivity index (χ0v) is 13.8. The summed E-state index contributed by atoms with van der Waals surface area (Å²) in [4.78, 5) is 0.00102. The van der Waals surface area contributed by atoms with Crippen molar-refractivity contribution in [1.82, 2.24) is 0 Å². The number of benzene rings is 1. The first-order chi connectivity index (χ1) is 7.88. The Balaban J connectivity index is 0.00000162. The zero-order chi connectivity index (χ0) is 12.6. The van der Waals surface area contributed by atoms with Gasteiger partial charge in [-0.15, -0.1) is 0 Å². The van der Waals surface area contributed by atoms with Gasteiger partial charge in [-0.25, -0.2) is 8.42 Å². The molecule has 1 aromatic carbocycles. The van der Waals surface area contributed by atoms with Crippen LogP contribution in [0.4, 0.5) is 5.69 Å². The number of nitrogens with zero attached hydrogens (tertiary/aromatic N) is 2. The maximum Gasteiger partial charge on any atom is 1.00 e. The molecule has 0 aromatic heterocycles. The minimum absolute atomic E-state index is 0. The largest absolute Gasteiger partial charge is 1.00 e. The van der Waals surface area contributed by atoms with Crippen LogP contribution in [0, 0.1) is 0 Å². The van der Waals surface area contributed by atoms with Crippen LogP contribution < -0.4 is 29.6 Å². The van der Waals surface area contributed by atoms with Gasteiger partial charge in [-0.3, -0.25) is 0 Å². The molecule has 1 aromatic rings. The minimum Gasteiger partial charge on any atom is -0.498 e. The topological polar surface area (TPSA) is 69.8 Å². The molecule has 0 bridgehead atoms. The van der Waals surface area contributed by atoms with Crippen molar-refractivity contribution in [2.24, 2.45) is 4.40 Å². The van der Waals surface area contributed by atoms with Crippen molar-refractivity contribution in [2.75, 3.05) is 0 Å². The fourth-order valence-corrected chi connectivity index (χ4v) is 2.60. The van der Waals surface area contributed by atoms with E-state index in [1.807, 2.05) is 0 Å². The number of amidine groups is 1.